The lowest BCUT2D eigenvalue weighted by molar-refractivity contribution is -0.138. The third-order valence-corrected chi connectivity index (χ3v) is 4.77. The van der Waals surface area contributed by atoms with Gasteiger partial charge < -0.3 is 14.7 Å². The van der Waals surface area contributed by atoms with Gasteiger partial charge in [-0.1, -0.05) is 11.2 Å². The van der Waals surface area contributed by atoms with Crippen molar-refractivity contribution in [3.63, 3.8) is 0 Å². The smallest absolute Gasteiger partial charge is 0.243 e. The second kappa shape index (κ2) is 6.95. The van der Waals surface area contributed by atoms with E-state index in [0.29, 0.717) is 25.3 Å². The summed E-state index contributed by atoms with van der Waals surface area (Å²) in [5.41, 5.74) is 0.750. The fraction of sp³-hybridized carbons (Fsp3) is 0.438. The van der Waals surface area contributed by atoms with E-state index in [1.54, 1.807) is 22.3 Å². The predicted molar refractivity (Wildman–Crippen MR) is 85.8 cm³/mol. The summed E-state index contributed by atoms with van der Waals surface area (Å²) in [7, 11) is 0. The zero-order chi connectivity index (χ0) is 16.2. The number of rotatable bonds is 5. The molecule has 2 amide bonds. The summed E-state index contributed by atoms with van der Waals surface area (Å²) in [6.45, 7) is 2.94. The summed E-state index contributed by atoms with van der Waals surface area (Å²) in [5, 5.41) is 8.68. The molecule has 23 heavy (non-hydrogen) atoms. The number of aromatic nitrogens is 1. The van der Waals surface area contributed by atoms with Crippen molar-refractivity contribution < 1.29 is 14.1 Å². The van der Waals surface area contributed by atoms with E-state index < -0.39 is 0 Å². The van der Waals surface area contributed by atoms with Crippen LogP contribution in [0, 0.1) is 6.92 Å². The number of likely N-dealkylation sites (tertiary alicyclic amines) is 1. The average Bonchev–Trinajstić information content (AvgIpc) is 3.26. The second-order valence-corrected chi connectivity index (χ2v) is 6.69. The van der Waals surface area contributed by atoms with E-state index in [0.717, 1.165) is 17.0 Å². The molecule has 0 saturated carbocycles. The first kappa shape index (κ1) is 15.7. The molecule has 0 aliphatic carbocycles. The normalized spacial score (nSPS) is 17.4. The fourth-order valence-corrected chi connectivity index (χ4v) is 3.44. The van der Waals surface area contributed by atoms with Gasteiger partial charge in [0.1, 0.15) is 11.8 Å². The van der Waals surface area contributed by atoms with Gasteiger partial charge in [0.25, 0.3) is 0 Å². The Balaban J connectivity index is 1.58. The molecule has 1 fully saturated rings. The third-order valence-electron chi connectivity index (χ3n) is 3.89. The van der Waals surface area contributed by atoms with Gasteiger partial charge in [0.05, 0.1) is 18.7 Å². The van der Waals surface area contributed by atoms with E-state index in [-0.39, 0.29) is 24.3 Å². The minimum absolute atomic E-state index is 0.0852. The minimum Gasteiger partial charge on any atom is -0.361 e. The van der Waals surface area contributed by atoms with Crippen LogP contribution in [-0.4, -0.2) is 34.5 Å². The monoisotopic (exact) mass is 333 g/mol. The van der Waals surface area contributed by atoms with Crippen molar-refractivity contribution in [1.82, 2.24) is 15.4 Å². The van der Waals surface area contributed by atoms with Crippen LogP contribution in [0.1, 0.15) is 29.2 Å². The number of amides is 2. The van der Waals surface area contributed by atoms with E-state index in [1.165, 1.54) is 0 Å². The molecule has 0 aromatic carbocycles. The van der Waals surface area contributed by atoms with Crippen molar-refractivity contribution >= 4 is 23.2 Å². The van der Waals surface area contributed by atoms with Crippen molar-refractivity contribution in [3.8, 4) is 0 Å². The van der Waals surface area contributed by atoms with Gasteiger partial charge in [0.2, 0.25) is 11.8 Å². The van der Waals surface area contributed by atoms with Gasteiger partial charge >= 0.3 is 0 Å². The van der Waals surface area contributed by atoms with Crippen molar-refractivity contribution in [2.75, 3.05) is 6.54 Å². The van der Waals surface area contributed by atoms with E-state index in [4.69, 9.17) is 4.52 Å². The summed E-state index contributed by atoms with van der Waals surface area (Å²) >= 11 is 1.60. The van der Waals surface area contributed by atoms with Crippen LogP contribution in [-0.2, 0) is 22.6 Å². The van der Waals surface area contributed by atoms with Crippen LogP contribution in [0.2, 0.25) is 0 Å². The van der Waals surface area contributed by atoms with Gasteiger partial charge in [-0.25, -0.2) is 0 Å². The highest BCUT2D eigenvalue weighted by molar-refractivity contribution is 7.09. The SMILES string of the molecule is Cc1cc(CC(=O)N2CCC[C@H]2C(=O)NCc2cccs2)on1. The molecule has 1 aliphatic rings. The fourth-order valence-electron chi connectivity index (χ4n) is 2.79. The molecule has 0 spiro atoms. The Morgan fingerprint density at radius 1 is 1.52 bits per heavy atom. The standard InChI is InChI=1S/C16H19N3O3S/c1-11-8-12(22-18-11)9-15(20)19-6-2-5-14(19)16(21)17-10-13-4-3-7-23-13/h3-4,7-8,14H,2,5-6,9-10H2,1H3,(H,17,21)/t14-/m0/s1. The van der Waals surface area contributed by atoms with Crippen molar-refractivity contribution in [2.45, 2.75) is 38.8 Å². The van der Waals surface area contributed by atoms with Crippen LogP contribution in [0.25, 0.3) is 0 Å². The molecule has 1 aliphatic heterocycles. The number of thiophene rings is 1. The van der Waals surface area contributed by atoms with Gasteiger partial charge in [-0.15, -0.1) is 11.3 Å². The Hall–Kier alpha value is -2.15. The largest absolute Gasteiger partial charge is 0.361 e. The number of nitrogens with one attached hydrogen (secondary N) is 1. The maximum atomic E-state index is 12.4. The Morgan fingerprint density at radius 2 is 2.39 bits per heavy atom. The first-order valence-electron chi connectivity index (χ1n) is 7.65. The van der Waals surface area contributed by atoms with E-state index in [1.807, 2.05) is 24.4 Å². The zero-order valence-electron chi connectivity index (χ0n) is 12.9. The molecule has 6 nitrogen and oxygen atoms in total. The quantitative estimate of drug-likeness (QED) is 0.907. The van der Waals surface area contributed by atoms with Gasteiger partial charge in [0.15, 0.2) is 0 Å². The molecule has 1 saturated heterocycles. The molecule has 1 atom stereocenters. The van der Waals surface area contributed by atoms with Crippen LogP contribution in [0.15, 0.2) is 28.1 Å². The third kappa shape index (κ3) is 3.79. The minimum atomic E-state index is -0.383. The highest BCUT2D eigenvalue weighted by atomic mass is 32.1. The highest BCUT2D eigenvalue weighted by Gasteiger charge is 2.34. The zero-order valence-corrected chi connectivity index (χ0v) is 13.8. The van der Waals surface area contributed by atoms with Gasteiger partial charge in [0, 0.05) is 17.5 Å². The first-order chi connectivity index (χ1) is 11.1. The van der Waals surface area contributed by atoms with Crippen LogP contribution in [0.5, 0.6) is 0 Å². The highest BCUT2D eigenvalue weighted by Crippen LogP contribution is 2.19. The van der Waals surface area contributed by atoms with Crippen molar-refractivity contribution in [2.24, 2.45) is 0 Å². The molecule has 0 bridgehead atoms. The Kier molecular flexibility index (Phi) is 4.76. The molecule has 0 radical (unpaired) electrons. The molecular weight excluding hydrogens is 314 g/mol. The van der Waals surface area contributed by atoms with Gasteiger partial charge in [-0.3, -0.25) is 9.59 Å². The molecule has 3 rings (SSSR count). The average molecular weight is 333 g/mol. The lowest BCUT2D eigenvalue weighted by atomic mass is 10.2. The number of aryl methyl sites for hydroxylation is 1. The first-order valence-corrected chi connectivity index (χ1v) is 8.53. The second-order valence-electron chi connectivity index (χ2n) is 5.65. The molecular formula is C16H19N3O3S. The van der Waals surface area contributed by atoms with Crippen LogP contribution >= 0.6 is 11.3 Å². The van der Waals surface area contributed by atoms with Crippen molar-refractivity contribution in [3.05, 3.63) is 39.9 Å². The Morgan fingerprint density at radius 3 is 3.09 bits per heavy atom. The van der Waals surface area contributed by atoms with E-state index >= 15 is 0 Å². The molecule has 3 heterocycles. The number of nitrogens with zero attached hydrogens (tertiary/aromatic N) is 2. The number of carbonyl (C=O) groups is 2. The summed E-state index contributed by atoms with van der Waals surface area (Å²) in [5.74, 6) is 0.366. The van der Waals surface area contributed by atoms with Crippen LogP contribution < -0.4 is 5.32 Å². The lowest BCUT2D eigenvalue weighted by Crippen LogP contribution is -2.46. The number of carbonyl (C=O) groups excluding carboxylic acids is 2. The maximum Gasteiger partial charge on any atom is 0.243 e. The topological polar surface area (TPSA) is 75.4 Å². The number of hydrogen-bond donors (Lipinski definition) is 1. The van der Waals surface area contributed by atoms with Crippen LogP contribution in [0.3, 0.4) is 0 Å². The molecule has 2 aromatic heterocycles. The number of hydrogen-bond acceptors (Lipinski definition) is 5. The molecule has 0 unspecified atom stereocenters. The lowest BCUT2D eigenvalue weighted by Gasteiger charge is -2.23. The van der Waals surface area contributed by atoms with E-state index in [9.17, 15) is 9.59 Å². The predicted octanol–water partition coefficient (Wildman–Crippen LogP) is 1.89. The van der Waals surface area contributed by atoms with Gasteiger partial charge in [-0.2, -0.15) is 0 Å². The van der Waals surface area contributed by atoms with Crippen LogP contribution in [0.4, 0.5) is 0 Å². The summed E-state index contributed by atoms with van der Waals surface area (Å²) in [6, 6.07) is 5.30. The Labute approximate surface area is 138 Å². The summed E-state index contributed by atoms with van der Waals surface area (Å²) in [4.78, 5) is 27.6. The summed E-state index contributed by atoms with van der Waals surface area (Å²) in [6.07, 6.45) is 1.70. The molecule has 7 heteroatoms. The molecule has 2 aromatic rings. The Bertz CT molecular complexity index is 681. The van der Waals surface area contributed by atoms with E-state index in [2.05, 4.69) is 10.5 Å². The molecule has 1 N–H and O–H groups in total. The maximum absolute atomic E-state index is 12.4. The summed E-state index contributed by atoms with van der Waals surface area (Å²) < 4.78 is 5.09. The van der Waals surface area contributed by atoms with Gasteiger partial charge in [-0.05, 0) is 31.2 Å². The van der Waals surface area contributed by atoms with Crippen molar-refractivity contribution in [1.29, 1.82) is 0 Å². The molecule has 122 valence electrons.